The SMILES string of the molecule is COC(=O)OC1CCCC=C1COCc1ccccc1. The van der Waals surface area contributed by atoms with Crippen molar-refractivity contribution in [1.82, 2.24) is 0 Å². The summed E-state index contributed by atoms with van der Waals surface area (Å²) in [7, 11) is 1.32. The maximum absolute atomic E-state index is 11.2. The van der Waals surface area contributed by atoms with Crippen molar-refractivity contribution in [2.24, 2.45) is 0 Å². The number of rotatable bonds is 5. The zero-order chi connectivity index (χ0) is 14.2. The maximum Gasteiger partial charge on any atom is 0.508 e. The van der Waals surface area contributed by atoms with Gasteiger partial charge in [-0.1, -0.05) is 36.4 Å². The lowest BCUT2D eigenvalue weighted by atomic mass is 9.97. The molecule has 0 amide bonds. The van der Waals surface area contributed by atoms with E-state index in [1.54, 1.807) is 0 Å². The van der Waals surface area contributed by atoms with Crippen LogP contribution in [0.25, 0.3) is 0 Å². The van der Waals surface area contributed by atoms with Crippen molar-refractivity contribution >= 4 is 6.16 Å². The molecule has 0 radical (unpaired) electrons. The minimum absolute atomic E-state index is 0.216. The highest BCUT2D eigenvalue weighted by molar-refractivity contribution is 5.60. The number of methoxy groups -OCH3 is 1. The van der Waals surface area contributed by atoms with E-state index in [9.17, 15) is 4.79 Å². The highest BCUT2D eigenvalue weighted by atomic mass is 16.7. The molecule has 0 N–H and O–H groups in total. The third kappa shape index (κ3) is 4.38. The number of allylic oxidation sites excluding steroid dienone is 1. The smallest absolute Gasteiger partial charge is 0.438 e. The molecule has 0 heterocycles. The van der Waals surface area contributed by atoms with Gasteiger partial charge < -0.3 is 14.2 Å². The van der Waals surface area contributed by atoms with Gasteiger partial charge in [0.1, 0.15) is 6.10 Å². The van der Waals surface area contributed by atoms with Crippen molar-refractivity contribution in [2.75, 3.05) is 13.7 Å². The number of carbonyl (C=O) groups is 1. The summed E-state index contributed by atoms with van der Waals surface area (Å²) in [6.07, 6.45) is 4.10. The lowest BCUT2D eigenvalue weighted by molar-refractivity contribution is 0.0351. The fourth-order valence-electron chi connectivity index (χ4n) is 2.22. The van der Waals surface area contributed by atoms with Crippen LogP contribution >= 0.6 is 0 Å². The van der Waals surface area contributed by atoms with Gasteiger partial charge in [-0.2, -0.15) is 0 Å². The minimum atomic E-state index is -0.633. The van der Waals surface area contributed by atoms with E-state index in [1.165, 1.54) is 7.11 Å². The number of carbonyl (C=O) groups excluding carboxylic acids is 1. The molecule has 4 nitrogen and oxygen atoms in total. The molecule has 0 bridgehead atoms. The van der Waals surface area contributed by atoms with E-state index in [1.807, 2.05) is 30.3 Å². The third-order valence-electron chi connectivity index (χ3n) is 3.28. The summed E-state index contributed by atoms with van der Waals surface area (Å²) in [5, 5.41) is 0. The summed E-state index contributed by atoms with van der Waals surface area (Å²) in [5.41, 5.74) is 2.16. The largest absolute Gasteiger partial charge is 0.508 e. The Hall–Kier alpha value is -1.81. The van der Waals surface area contributed by atoms with Crippen LogP contribution in [0.15, 0.2) is 42.0 Å². The molecule has 0 aliphatic heterocycles. The highest BCUT2D eigenvalue weighted by Gasteiger charge is 2.22. The third-order valence-corrected chi connectivity index (χ3v) is 3.28. The zero-order valence-corrected chi connectivity index (χ0v) is 11.7. The Bertz CT molecular complexity index is 453. The molecule has 1 atom stereocenters. The molecule has 1 aliphatic carbocycles. The molecular formula is C16H20O4. The van der Waals surface area contributed by atoms with Gasteiger partial charge in [0, 0.05) is 0 Å². The average Bonchev–Trinajstić information content (AvgIpc) is 2.50. The first-order valence-electron chi connectivity index (χ1n) is 6.85. The van der Waals surface area contributed by atoms with E-state index in [2.05, 4.69) is 10.8 Å². The molecule has 108 valence electrons. The van der Waals surface area contributed by atoms with Crippen molar-refractivity contribution in [3.63, 3.8) is 0 Å². The predicted octanol–water partition coefficient (Wildman–Crippen LogP) is 3.47. The molecule has 0 saturated heterocycles. The Labute approximate surface area is 119 Å². The Balaban J connectivity index is 1.83. The monoisotopic (exact) mass is 276 g/mol. The van der Waals surface area contributed by atoms with E-state index >= 15 is 0 Å². The van der Waals surface area contributed by atoms with E-state index in [0.717, 1.165) is 30.4 Å². The van der Waals surface area contributed by atoms with Gasteiger partial charge in [-0.3, -0.25) is 0 Å². The molecule has 0 spiro atoms. The molecule has 1 aromatic rings. The molecule has 0 saturated carbocycles. The van der Waals surface area contributed by atoms with Crippen LogP contribution in [0.5, 0.6) is 0 Å². The average molecular weight is 276 g/mol. The number of benzene rings is 1. The number of ether oxygens (including phenoxy) is 3. The van der Waals surface area contributed by atoms with E-state index in [0.29, 0.717) is 13.2 Å². The Kier molecular flexibility index (Phi) is 5.62. The minimum Gasteiger partial charge on any atom is -0.438 e. The Morgan fingerprint density at radius 1 is 1.25 bits per heavy atom. The topological polar surface area (TPSA) is 44.8 Å². The van der Waals surface area contributed by atoms with Crippen molar-refractivity contribution in [1.29, 1.82) is 0 Å². The fraction of sp³-hybridized carbons (Fsp3) is 0.438. The van der Waals surface area contributed by atoms with E-state index in [-0.39, 0.29) is 6.10 Å². The van der Waals surface area contributed by atoms with Crippen LogP contribution in [0.4, 0.5) is 4.79 Å². The molecule has 2 rings (SSSR count). The maximum atomic E-state index is 11.2. The zero-order valence-electron chi connectivity index (χ0n) is 11.7. The van der Waals surface area contributed by atoms with Gasteiger partial charge in [0.15, 0.2) is 0 Å². The molecule has 0 fully saturated rings. The Morgan fingerprint density at radius 2 is 2.05 bits per heavy atom. The van der Waals surface area contributed by atoms with Crippen LogP contribution < -0.4 is 0 Å². The second-order valence-corrected chi connectivity index (χ2v) is 4.75. The molecule has 20 heavy (non-hydrogen) atoms. The van der Waals surface area contributed by atoms with Crippen LogP contribution in [0.1, 0.15) is 24.8 Å². The van der Waals surface area contributed by atoms with Gasteiger partial charge in [0.25, 0.3) is 0 Å². The first-order valence-corrected chi connectivity index (χ1v) is 6.85. The summed E-state index contributed by atoms with van der Waals surface area (Å²) in [6.45, 7) is 1.04. The number of hydrogen-bond acceptors (Lipinski definition) is 4. The quantitative estimate of drug-likeness (QED) is 0.610. The van der Waals surface area contributed by atoms with Crippen LogP contribution in [-0.2, 0) is 20.8 Å². The van der Waals surface area contributed by atoms with E-state index < -0.39 is 6.16 Å². The standard InChI is InChI=1S/C16H20O4/c1-18-16(17)20-15-10-6-5-9-14(15)12-19-11-13-7-3-2-4-8-13/h2-4,7-9,15H,5-6,10-12H2,1H3. The molecule has 1 aliphatic rings. The molecular weight excluding hydrogens is 256 g/mol. The van der Waals surface area contributed by atoms with Crippen molar-refractivity contribution in [3.8, 4) is 0 Å². The van der Waals surface area contributed by atoms with Crippen LogP contribution in [0, 0.1) is 0 Å². The molecule has 0 aromatic heterocycles. The van der Waals surface area contributed by atoms with Crippen molar-refractivity contribution < 1.29 is 19.0 Å². The fourth-order valence-corrected chi connectivity index (χ4v) is 2.22. The summed E-state index contributed by atoms with van der Waals surface area (Å²) in [5.74, 6) is 0. The first kappa shape index (κ1) is 14.6. The normalized spacial score (nSPS) is 18.2. The summed E-state index contributed by atoms with van der Waals surface area (Å²) in [4.78, 5) is 11.2. The molecule has 1 aromatic carbocycles. The van der Waals surface area contributed by atoms with Crippen LogP contribution in [0.2, 0.25) is 0 Å². The van der Waals surface area contributed by atoms with Crippen molar-refractivity contribution in [2.45, 2.75) is 32.0 Å². The summed E-state index contributed by atoms with van der Waals surface area (Å²) < 4.78 is 15.5. The predicted molar refractivity (Wildman–Crippen MR) is 75.3 cm³/mol. The molecule has 1 unspecified atom stereocenters. The van der Waals surface area contributed by atoms with Gasteiger partial charge in [-0.25, -0.2) is 4.79 Å². The van der Waals surface area contributed by atoms with Gasteiger partial charge in [-0.05, 0) is 30.4 Å². The van der Waals surface area contributed by atoms with Crippen molar-refractivity contribution in [3.05, 3.63) is 47.5 Å². The highest BCUT2D eigenvalue weighted by Crippen LogP contribution is 2.22. The van der Waals surface area contributed by atoms with E-state index in [4.69, 9.17) is 9.47 Å². The van der Waals surface area contributed by atoms with Gasteiger partial charge in [0.05, 0.1) is 20.3 Å². The van der Waals surface area contributed by atoms with Gasteiger partial charge in [-0.15, -0.1) is 0 Å². The summed E-state index contributed by atoms with van der Waals surface area (Å²) >= 11 is 0. The van der Waals surface area contributed by atoms with Gasteiger partial charge in [0.2, 0.25) is 0 Å². The summed E-state index contributed by atoms with van der Waals surface area (Å²) in [6, 6.07) is 10.0. The first-order chi connectivity index (χ1) is 9.79. The molecule has 4 heteroatoms. The van der Waals surface area contributed by atoms with Crippen LogP contribution in [0.3, 0.4) is 0 Å². The Morgan fingerprint density at radius 3 is 2.80 bits per heavy atom. The number of hydrogen-bond donors (Lipinski definition) is 0. The second kappa shape index (κ2) is 7.70. The second-order valence-electron chi connectivity index (χ2n) is 4.75. The lowest BCUT2D eigenvalue weighted by Crippen LogP contribution is -2.25. The lowest BCUT2D eigenvalue weighted by Gasteiger charge is -2.23. The van der Waals surface area contributed by atoms with Crippen LogP contribution in [-0.4, -0.2) is 26.0 Å². The van der Waals surface area contributed by atoms with Gasteiger partial charge >= 0.3 is 6.16 Å².